The van der Waals surface area contributed by atoms with Crippen LogP contribution in [-0.2, 0) is 18.4 Å². The van der Waals surface area contributed by atoms with Crippen molar-refractivity contribution < 1.29 is 4.74 Å². The molecule has 26 heavy (non-hydrogen) atoms. The highest BCUT2D eigenvalue weighted by molar-refractivity contribution is 5.76. The van der Waals surface area contributed by atoms with Gasteiger partial charge < -0.3 is 9.30 Å². The molecular weight excluding hydrogens is 320 g/mol. The third-order valence-corrected chi connectivity index (χ3v) is 4.70. The topological polar surface area (TPSA) is 27.1 Å². The van der Waals surface area contributed by atoms with Crippen LogP contribution >= 0.6 is 0 Å². The number of aromatic nitrogens is 2. The van der Waals surface area contributed by atoms with Gasteiger partial charge in [0.1, 0.15) is 11.9 Å². The first-order valence-electron chi connectivity index (χ1n) is 8.86. The quantitative estimate of drug-likeness (QED) is 0.499. The maximum Gasteiger partial charge on any atom is 0.143 e. The summed E-state index contributed by atoms with van der Waals surface area (Å²) < 4.78 is 8.49. The minimum absolute atomic E-state index is 0.213. The Labute approximate surface area is 153 Å². The zero-order valence-electron chi connectivity index (χ0n) is 15.1. The molecule has 1 aromatic heterocycles. The monoisotopic (exact) mass is 342 g/mol. The van der Waals surface area contributed by atoms with E-state index < -0.39 is 0 Å². The van der Waals surface area contributed by atoms with Crippen molar-refractivity contribution in [3.05, 3.63) is 101 Å². The van der Waals surface area contributed by atoms with Crippen molar-refractivity contribution in [1.29, 1.82) is 0 Å². The predicted octanol–water partition coefficient (Wildman–Crippen LogP) is 5.19. The molecule has 0 spiro atoms. The number of hydrogen-bond acceptors (Lipinski definition) is 2. The Morgan fingerprint density at radius 3 is 2.31 bits per heavy atom. The van der Waals surface area contributed by atoms with E-state index in [-0.39, 0.29) is 6.10 Å². The third-order valence-electron chi connectivity index (χ3n) is 4.70. The van der Waals surface area contributed by atoms with Gasteiger partial charge in [-0.3, -0.25) is 0 Å². The number of imidazole rings is 1. The van der Waals surface area contributed by atoms with Gasteiger partial charge in [-0.15, -0.1) is 0 Å². The third kappa shape index (κ3) is 3.26. The zero-order valence-corrected chi connectivity index (χ0v) is 15.1. The number of benzene rings is 3. The number of aryl methyl sites for hydroxylation is 2. The summed E-state index contributed by atoms with van der Waals surface area (Å²) in [5.74, 6) is 0.921. The molecule has 0 saturated carbocycles. The molecule has 1 heterocycles. The van der Waals surface area contributed by atoms with Gasteiger partial charge in [0.25, 0.3) is 0 Å². The smallest absolute Gasteiger partial charge is 0.143 e. The summed E-state index contributed by atoms with van der Waals surface area (Å²) >= 11 is 0. The number of para-hydroxylation sites is 2. The highest BCUT2D eigenvalue weighted by atomic mass is 16.5. The van der Waals surface area contributed by atoms with E-state index >= 15 is 0 Å². The number of fused-ring (bicyclic) bond motifs is 1. The molecule has 3 heteroatoms. The van der Waals surface area contributed by atoms with Crippen molar-refractivity contribution in [2.45, 2.75) is 19.6 Å². The molecule has 0 radical (unpaired) electrons. The van der Waals surface area contributed by atoms with Crippen molar-refractivity contribution in [2.75, 3.05) is 0 Å². The van der Waals surface area contributed by atoms with Gasteiger partial charge in [0.05, 0.1) is 17.6 Å². The molecule has 3 nitrogen and oxygen atoms in total. The second-order valence-electron chi connectivity index (χ2n) is 6.61. The van der Waals surface area contributed by atoms with Gasteiger partial charge in [-0.2, -0.15) is 0 Å². The molecule has 4 aromatic rings. The van der Waals surface area contributed by atoms with Crippen molar-refractivity contribution in [3.63, 3.8) is 0 Å². The van der Waals surface area contributed by atoms with Gasteiger partial charge in [-0.05, 0) is 30.2 Å². The van der Waals surface area contributed by atoms with Gasteiger partial charge in [-0.25, -0.2) is 4.98 Å². The van der Waals surface area contributed by atoms with Crippen LogP contribution in [0.15, 0.2) is 78.9 Å². The van der Waals surface area contributed by atoms with Crippen molar-refractivity contribution in [3.8, 4) is 0 Å². The Hall–Kier alpha value is -2.91. The molecular formula is C23H22N2O. The van der Waals surface area contributed by atoms with Crippen LogP contribution in [0.4, 0.5) is 0 Å². The molecule has 3 aromatic carbocycles. The minimum Gasteiger partial charge on any atom is -0.361 e. The predicted molar refractivity (Wildman–Crippen MR) is 105 cm³/mol. The second-order valence-corrected chi connectivity index (χ2v) is 6.61. The van der Waals surface area contributed by atoms with Crippen LogP contribution in [0.1, 0.15) is 28.6 Å². The first-order chi connectivity index (χ1) is 12.7. The molecule has 0 saturated heterocycles. The normalized spacial score (nSPS) is 12.4. The van der Waals surface area contributed by atoms with Crippen molar-refractivity contribution >= 4 is 11.0 Å². The Balaban J connectivity index is 1.70. The van der Waals surface area contributed by atoms with Crippen molar-refractivity contribution in [1.82, 2.24) is 9.55 Å². The molecule has 0 fully saturated rings. The Kier molecular flexibility index (Phi) is 4.55. The number of hydrogen-bond donors (Lipinski definition) is 0. The molecule has 1 unspecified atom stereocenters. The molecule has 0 bridgehead atoms. The largest absolute Gasteiger partial charge is 0.361 e. The maximum absolute atomic E-state index is 6.37. The lowest BCUT2D eigenvalue weighted by molar-refractivity contribution is 0.0596. The van der Waals surface area contributed by atoms with E-state index in [4.69, 9.17) is 9.72 Å². The van der Waals surface area contributed by atoms with Gasteiger partial charge in [0.15, 0.2) is 0 Å². The first kappa shape index (κ1) is 16.6. The molecule has 0 amide bonds. The first-order valence-corrected chi connectivity index (χ1v) is 8.86. The van der Waals surface area contributed by atoms with Crippen LogP contribution in [0, 0.1) is 6.92 Å². The van der Waals surface area contributed by atoms with Crippen LogP contribution in [-0.4, -0.2) is 9.55 Å². The summed E-state index contributed by atoms with van der Waals surface area (Å²) in [6.07, 6.45) is -0.213. The molecule has 1 atom stereocenters. The van der Waals surface area contributed by atoms with E-state index in [9.17, 15) is 0 Å². The molecule has 0 N–H and O–H groups in total. The summed E-state index contributed by atoms with van der Waals surface area (Å²) in [6.45, 7) is 2.64. The fourth-order valence-electron chi connectivity index (χ4n) is 3.21. The summed E-state index contributed by atoms with van der Waals surface area (Å²) in [6, 6.07) is 27.0. The van der Waals surface area contributed by atoms with Crippen LogP contribution in [0.5, 0.6) is 0 Å². The Morgan fingerprint density at radius 2 is 1.58 bits per heavy atom. The van der Waals surface area contributed by atoms with Gasteiger partial charge in [0, 0.05) is 7.05 Å². The minimum atomic E-state index is -0.213. The summed E-state index contributed by atoms with van der Waals surface area (Å²) in [4.78, 5) is 4.85. The lowest BCUT2D eigenvalue weighted by Gasteiger charge is -2.18. The highest BCUT2D eigenvalue weighted by Crippen LogP contribution is 2.29. The molecule has 0 aliphatic rings. The average Bonchev–Trinajstić information content (AvgIpc) is 3.01. The summed E-state index contributed by atoms with van der Waals surface area (Å²) in [7, 11) is 2.05. The molecule has 0 aliphatic heterocycles. The van der Waals surface area contributed by atoms with E-state index in [1.807, 2.05) is 36.4 Å². The standard InChI is InChI=1S/C23H22N2O/c1-17-12-14-18(15-13-17)16-26-22(19-8-4-3-5-9-19)23-24-20-10-6-7-11-21(20)25(23)2/h3-15,22H,16H2,1-2H3. The average molecular weight is 342 g/mol. The Morgan fingerprint density at radius 1 is 0.885 bits per heavy atom. The van der Waals surface area contributed by atoms with Gasteiger partial charge >= 0.3 is 0 Å². The number of ether oxygens (including phenoxy) is 1. The van der Waals surface area contributed by atoms with E-state index in [0.29, 0.717) is 6.61 Å². The maximum atomic E-state index is 6.37. The van der Waals surface area contributed by atoms with E-state index in [0.717, 1.165) is 28.0 Å². The SMILES string of the molecule is Cc1ccc(COC(c2ccccc2)c2nc3ccccc3n2C)cc1. The van der Waals surface area contributed by atoms with Crippen LogP contribution in [0.25, 0.3) is 11.0 Å². The highest BCUT2D eigenvalue weighted by Gasteiger charge is 2.21. The molecule has 0 aliphatic carbocycles. The van der Waals surface area contributed by atoms with Gasteiger partial charge in [0.2, 0.25) is 0 Å². The molecule has 130 valence electrons. The Bertz CT molecular complexity index is 1000. The van der Waals surface area contributed by atoms with Crippen LogP contribution < -0.4 is 0 Å². The number of nitrogens with zero attached hydrogens (tertiary/aromatic N) is 2. The molecule has 4 rings (SSSR count). The summed E-state index contributed by atoms with van der Waals surface area (Å²) in [5.41, 5.74) is 5.63. The lowest BCUT2D eigenvalue weighted by atomic mass is 10.1. The van der Waals surface area contributed by atoms with Gasteiger partial charge in [-0.1, -0.05) is 72.3 Å². The fourth-order valence-corrected chi connectivity index (χ4v) is 3.21. The zero-order chi connectivity index (χ0) is 17.9. The second kappa shape index (κ2) is 7.14. The fraction of sp³-hybridized carbons (Fsp3) is 0.174. The van der Waals surface area contributed by atoms with Crippen LogP contribution in [0.3, 0.4) is 0 Å². The summed E-state index contributed by atoms with van der Waals surface area (Å²) in [5, 5.41) is 0. The van der Waals surface area contributed by atoms with Crippen LogP contribution in [0.2, 0.25) is 0 Å². The number of rotatable bonds is 5. The van der Waals surface area contributed by atoms with E-state index in [2.05, 4.69) is 61.0 Å². The van der Waals surface area contributed by atoms with Crippen molar-refractivity contribution in [2.24, 2.45) is 7.05 Å². The lowest BCUT2D eigenvalue weighted by Crippen LogP contribution is -2.12. The van der Waals surface area contributed by atoms with E-state index in [1.165, 1.54) is 5.56 Å². The van der Waals surface area contributed by atoms with E-state index in [1.54, 1.807) is 0 Å².